The van der Waals surface area contributed by atoms with E-state index in [0.717, 1.165) is 21.8 Å². The van der Waals surface area contributed by atoms with Crippen LogP contribution in [0.3, 0.4) is 0 Å². The Balaban J connectivity index is 1.87. The lowest BCUT2D eigenvalue weighted by Crippen LogP contribution is -1.90. The fourth-order valence-corrected chi connectivity index (χ4v) is 2.77. The van der Waals surface area contributed by atoms with Crippen molar-refractivity contribution in [2.45, 2.75) is 19.3 Å². The molecule has 0 unspecified atom stereocenters. The molecule has 0 N–H and O–H groups in total. The van der Waals surface area contributed by atoms with Crippen molar-refractivity contribution >= 4 is 31.9 Å². The summed E-state index contributed by atoms with van der Waals surface area (Å²) < 4.78 is 2.33. The van der Waals surface area contributed by atoms with Crippen molar-refractivity contribution < 1.29 is 0 Å². The Hall–Kier alpha value is -0.600. The van der Waals surface area contributed by atoms with Gasteiger partial charge in [0, 0.05) is 8.95 Å². The van der Waals surface area contributed by atoms with E-state index in [0.29, 0.717) is 0 Å². The van der Waals surface area contributed by atoms with E-state index in [1.165, 1.54) is 17.5 Å². The molecule has 0 aliphatic rings. The highest BCUT2D eigenvalue weighted by atomic mass is 79.9. The second-order valence-corrected chi connectivity index (χ2v) is 5.94. The zero-order valence-electron chi connectivity index (χ0n) is 9.50. The summed E-state index contributed by atoms with van der Waals surface area (Å²) in [5.74, 6) is 0. The molecule has 17 heavy (non-hydrogen) atoms. The molecule has 0 radical (unpaired) electrons. The van der Waals surface area contributed by atoms with E-state index >= 15 is 0 Å². The molecule has 0 amide bonds. The largest absolute Gasteiger partial charge is 0.0609 e. The maximum Gasteiger partial charge on any atom is 0.0177 e. The fourth-order valence-electron chi connectivity index (χ4n) is 1.88. The molecule has 0 atom stereocenters. The van der Waals surface area contributed by atoms with Crippen LogP contribution in [0.4, 0.5) is 0 Å². The van der Waals surface area contributed by atoms with Crippen molar-refractivity contribution in [3.63, 3.8) is 0 Å². The van der Waals surface area contributed by atoms with Gasteiger partial charge in [-0.05, 0) is 54.7 Å². The minimum absolute atomic E-state index is 1.13. The summed E-state index contributed by atoms with van der Waals surface area (Å²) in [7, 11) is 0. The van der Waals surface area contributed by atoms with Gasteiger partial charge >= 0.3 is 0 Å². The molecule has 0 saturated heterocycles. The average Bonchev–Trinajstić information content (AvgIpc) is 2.29. The average molecular weight is 354 g/mol. The number of rotatable bonds is 4. The minimum atomic E-state index is 1.13. The SMILES string of the molecule is Brc1cccc(CCCc2cccc(Br)c2)c1. The Kier molecular flexibility index (Phi) is 4.81. The first-order valence-corrected chi connectivity index (χ1v) is 7.31. The molecular formula is C15H14Br2. The Bertz CT molecular complexity index is 446. The third-order valence-corrected chi connectivity index (χ3v) is 3.70. The van der Waals surface area contributed by atoms with Gasteiger partial charge in [0.1, 0.15) is 0 Å². The summed E-state index contributed by atoms with van der Waals surface area (Å²) in [4.78, 5) is 0. The molecule has 0 spiro atoms. The van der Waals surface area contributed by atoms with Crippen LogP contribution in [0.1, 0.15) is 17.5 Å². The Labute approximate surface area is 119 Å². The summed E-state index contributed by atoms with van der Waals surface area (Å²) in [5.41, 5.74) is 2.80. The molecule has 2 aromatic carbocycles. The van der Waals surface area contributed by atoms with Crippen LogP contribution in [0.5, 0.6) is 0 Å². The second-order valence-electron chi connectivity index (χ2n) is 4.11. The molecule has 2 aromatic rings. The van der Waals surface area contributed by atoms with Gasteiger partial charge in [-0.2, -0.15) is 0 Å². The van der Waals surface area contributed by atoms with Crippen molar-refractivity contribution in [3.05, 3.63) is 68.6 Å². The maximum absolute atomic E-state index is 3.50. The smallest absolute Gasteiger partial charge is 0.0177 e. The van der Waals surface area contributed by atoms with Gasteiger partial charge in [0.25, 0.3) is 0 Å². The molecule has 0 aliphatic heterocycles. The minimum Gasteiger partial charge on any atom is -0.0609 e. The van der Waals surface area contributed by atoms with Gasteiger partial charge in [-0.25, -0.2) is 0 Å². The van der Waals surface area contributed by atoms with Gasteiger partial charge in [0.2, 0.25) is 0 Å². The molecule has 0 aliphatic carbocycles. The van der Waals surface area contributed by atoms with E-state index in [2.05, 4.69) is 80.4 Å². The van der Waals surface area contributed by atoms with Crippen molar-refractivity contribution in [2.24, 2.45) is 0 Å². The molecule has 0 nitrogen and oxygen atoms in total. The highest BCUT2D eigenvalue weighted by Gasteiger charge is 1.97. The lowest BCUT2D eigenvalue weighted by molar-refractivity contribution is 0.820. The van der Waals surface area contributed by atoms with Gasteiger partial charge in [-0.3, -0.25) is 0 Å². The molecule has 0 saturated carbocycles. The third kappa shape index (κ3) is 4.29. The lowest BCUT2D eigenvalue weighted by Gasteiger charge is -2.03. The van der Waals surface area contributed by atoms with Crippen LogP contribution in [0.25, 0.3) is 0 Å². The molecule has 0 heterocycles. The summed E-state index contributed by atoms with van der Waals surface area (Å²) in [6.07, 6.45) is 3.45. The standard InChI is InChI=1S/C15H14Br2/c16-14-8-2-6-12(10-14)4-1-5-13-7-3-9-15(17)11-13/h2-3,6-11H,1,4-5H2. The first-order chi connectivity index (χ1) is 8.24. The van der Waals surface area contributed by atoms with E-state index in [1.54, 1.807) is 0 Å². The maximum atomic E-state index is 3.50. The van der Waals surface area contributed by atoms with Gasteiger partial charge in [0.05, 0.1) is 0 Å². The predicted molar refractivity (Wildman–Crippen MR) is 80.3 cm³/mol. The van der Waals surface area contributed by atoms with E-state index in [-0.39, 0.29) is 0 Å². The topological polar surface area (TPSA) is 0 Å². The van der Waals surface area contributed by atoms with Crippen LogP contribution < -0.4 is 0 Å². The Morgan fingerprint density at radius 3 is 1.59 bits per heavy atom. The van der Waals surface area contributed by atoms with E-state index < -0.39 is 0 Å². The highest BCUT2D eigenvalue weighted by molar-refractivity contribution is 9.10. The summed E-state index contributed by atoms with van der Waals surface area (Å²) in [5, 5.41) is 0. The quantitative estimate of drug-likeness (QED) is 0.691. The second kappa shape index (κ2) is 6.36. The lowest BCUT2D eigenvalue weighted by atomic mass is 10.0. The van der Waals surface area contributed by atoms with E-state index in [9.17, 15) is 0 Å². The number of hydrogen-bond donors (Lipinski definition) is 0. The van der Waals surface area contributed by atoms with E-state index in [1.807, 2.05) is 0 Å². The zero-order chi connectivity index (χ0) is 12.1. The first kappa shape index (κ1) is 12.8. The zero-order valence-corrected chi connectivity index (χ0v) is 12.7. The van der Waals surface area contributed by atoms with Gasteiger partial charge in [0.15, 0.2) is 0 Å². The normalized spacial score (nSPS) is 10.5. The summed E-state index contributed by atoms with van der Waals surface area (Å²) >= 11 is 7.00. The van der Waals surface area contributed by atoms with E-state index in [4.69, 9.17) is 0 Å². The van der Waals surface area contributed by atoms with Crippen LogP contribution in [0, 0.1) is 0 Å². The van der Waals surface area contributed by atoms with Crippen molar-refractivity contribution in [3.8, 4) is 0 Å². The van der Waals surface area contributed by atoms with Crippen LogP contribution >= 0.6 is 31.9 Å². The van der Waals surface area contributed by atoms with Crippen LogP contribution in [-0.4, -0.2) is 0 Å². The van der Waals surface area contributed by atoms with Crippen LogP contribution in [0.15, 0.2) is 57.5 Å². The third-order valence-electron chi connectivity index (χ3n) is 2.71. The molecule has 0 fully saturated rings. The van der Waals surface area contributed by atoms with Crippen LogP contribution in [0.2, 0.25) is 0 Å². The molecule has 88 valence electrons. The van der Waals surface area contributed by atoms with Crippen molar-refractivity contribution in [1.82, 2.24) is 0 Å². The Morgan fingerprint density at radius 2 is 1.18 bits per heavy atom. The summed E-state index contributed by atoms with van der Waals surface area (Å²) in [6.45, 7) is 0. The predicted octanol–water partition coefficient (Wildman–Crippen LogP) is 5.39. The van der Waals surface area contributed by atoms with Crippen molar-refractivity contribution in [2.75, 3.05) is 0 Å². The molecule has 2 heteroatoms. The van der Waals surface area contributed by atoms with Crippen molar-refractivity contribution in [1.29, 1.82) is 0 Å². The first-order valence-electron chi connectivity index (χ1n) is 5.73. The Morgan fingerprint density at radius 1 is 0.706 bits per heavy atom. The fraction of sp³-hybridized carbons (Fsp3) is 0.200. The number of halogens is 2. The monoisotopic (exact) mass is 352 g/mol. The molecular weight excluding hydrogens is 340 g/mol. The molecule has 2 rings (SSSR count). The summed E-state index contributed by atoms with van der Waals surface area (Å²) in [6, 6.07) is 17.1. The van der Waals surface area contributed by atoms with Crippen LogP contribution in [-0.2, 0) is 12.8 Å². The van der Waals surface area contributed by atoms with Gasteiger partial charge in [-0.1, -0.05) is 56.1 Å². The molecule has 0 aromatic heterocycles. The van der Waals surface area contributed by atoms with Gasteiger partial charge in [-0.15, -0.1) is 0 Å². The number of benzene rings is 2. The number of hydrogen-bond acceptors (Lipinski definition) is 0. The number of aryl methyl sites for hydroxylation is 2. The highest BCUT2D eigenvalue weighted by Crippen LogP contribution is 2.16. The molecule has 0 bridgehead atoms. The van der Waals surface area contributed by atoms with Gasteiger partial charge < -0.3 is 0 Å².